The van der Waals surface area contributed by atoms with Crippen molar-refractivity contribution < 1.29 is 9.47 Å². The Morgan fingerprint density at radius 2 is 2.17 bits per heavy atom. The smallest absolute Gasteiger partial charge is 0.233 e. The van der Waals surface area contributed by atoms with Gasteiger partial charge in [-0.05, 0) is 37.8 Å². The number of hydrogen-bond donors (Lipinski definition) is 0. The molecular weight excluding hydrogens is 248 g/mol. The fourth-order valence-corrected chi connectivity index (χ4v) is 2.92. The van der Waals surface area contributed by atoms with E-state index in [2.05, 4.69) is 35.5 Å². The highest BCUT2D eigenvalue weighted by molar-refractivity contribution is 7.13. The Morgan fingerprint density at radius 1 is 1.33 bits per heavy atom. The third-order valence-electron chi connectivity index (χ3n) is 3.27. The van der Waals surface area contributed by atoms with Gasteiger partial charge in [0.05, 0.1) is 29.3 Å². The van der Waals surface area contributed by atoms with Gasteiger partial charge in [-0.15, -0.1) is 0 Å². The van der Waals surface area contributed by atoms with Gasteiger partial charge in [0.1, 0.15) is 6.10 Å². The SMILES string of the molecule is CN(C)C1COCC1Oc1nsc2ccccc12. The van der Waals surface area contributed by atoms with Crippen molar-refractivity contribution in [3.63, 3.8) is 0 Å². The second-order valence-electron chi connectivity index (χ2n) is 4.71. The van der Waals surface area contributed by atoms with Crippen molar-refractivity contribution in [1.29, 1.82) is 0 Å². The van der Waals surface area contributed by atoms with E-state index >= 15 is 0 Å². The minimum absolute atomic E-state index is 0.0607. The zero-order valence-corrected chi connectivity index (χ0v) is 11.3. The topological polar surface area (TPSA) is 34.6 Å². The normalized spacial score (nSPS) is 23.9. The summed E-state index contributed by atoms with van der Waals surface area (Å²) in [4.78, 5) is 2.15. The molecule has 1 fully saturated rings. The lowest BCUT2D eigenvalue weighted by molar-refractivity contribution is 0.124. The van der Waals surface area contributed by atoms with Gasteiger partial charge in [0.25, 0.3) is 0 Å². The maximum Gasteiger partial charge on any atom is 0.233 e. The first kappa shape index (κ1) is 11.9. The van der Waals surface area contributed by atoms with Gasteiger partial charge in [-0.1, -0.05) is 12.1 Å². The van der Waals surface area contributed by atoms with Crippen LogP contribution in [0.2, 0.25) is 0 Å². The van der Waals surface area contributed by atoms with Crippen molar-refractivity contribution in [3.05, 3.63) is 24.3 Å². The van der Waals surface area contributed by atoms with Gasteiger partial charge >= 0.3 is 0 Å². The number of hydrogen-bond acceptors (Lipinski definition) is 5. The third-order valence-corrected chi connectivity index (χ3v) is 4.08. The molecule has 1 aliphatic rings. The second-order valence-corrected chi connectivity index (χ2v) is 5.51. The third kappa shape index (κ3) is 2.09. The molecule has 0 radical (unpaired) electrons. The predicted molar refractivity (Wildman–Crippen MR) is 72.3 cm³/mol. The number of ether oxygens (including phenoxy) is 2. The lowest BCUT2D eigenvalue weighted by Gasteiger charge is -2.24. The van der Waals surface area contributed by atoms with Crippen LogP contribution >= 0.6 is 11.5 Å². The number of rotatable bonds is 3. The molecule has 5 heteroatoms. The van der Waals surface area contributed by atoms with Crippen LogP contribution in [0.15, 0.2) is 24.3 Å². The van der Waals surface area contributed by atoms with Gasteiger partial charge in [-0.25, -0.2) is 0 Å². The summed E-state index contributed by atoms with van der Waals surface area (Å²) in [7, 11) is 4.10. The minimum Gasteiger partial charge on any atom is -0.469 e. The summed E-state index contributed by atoms with van der Waals surface area (Å²) in [6.07, 6.45) is 0.0607. The van der Waals surface area contributed by atoms with Gasteiger partial charge in [-0.3, -0.25) is 0 Å². The van der Waals surface area contributed by atoms with Gasteiger partial charge < -0.3 is 14.4 Å². The average molecular weight is 264 g/mol. The molecule has 0 saturated carbocycles. The Labute approximate surface area is 110 Å². The molecule has 1 saturated heterocycles. The number of likely N-dealkylation sites (N-methyl/N-ethyl adjacent to an activating group) is 1. The van der Waals surface area contributed by atoms with Crippen LogP contribution in [0.4, 0.5) is 0 Å². The molecular formula is C13H16N2O2S. The van der Waals surface area contributed by atoms with Gasteiger partial charge in [-0.2, -0.15) is 4.37 Å². The predicted octanol–water partition coefficient (Wildman–Crippen LogP) is 2.00. The van der Waals surface area contributed by atoms with Gasteiger partial charge in [0, 0.05) is 0 Å². The lowest BCUT2D eigenvalue weighted by Crippen LogP contribution is -2.41. The standard InChI is InChI=1S/C13H16N2O2S/c1-15(2)10-7-16-8-11(10)17-13-9-5-3-4-6-12(9)18-14-13/h3-6,10-11H,7-8H2,1-2H3. The highest BCUT2D eigenvalue weighted by Gasteiger charge is 2.32. The average Bonchev–Trinajstić information content (AvgIpc) is 2.97. The molecule has 0 N–H and O–H groups in total. The van der Waals surface area contributed by atoms with E-state index in [-0.39, 0.29) is 6.10 Å². The van der Waals surface area contributed by atoms with E-state index < -0.39 is 0 Å². The number of aromatic nitrogens is 1. The van der Waals surface area contributed by atoms with Crippen LogP contribution < -0.4 is 4.74 Å². The Balaban J connectivity index is 1.84. The maximum absolute atomic E-state index is 6.04. The van der Waals surface area contributed by atoms with Gasteiger partial charge in [0.2, 0.25) is 5.88 Å². The quantitative estimate of drug-likeness (QED) is 0.849. The van der Waals surface area contributed by atoms with Crippen molar-refractivity contribution in [2.75, 3.05) is 27.3 Å². The molecule has 2 unspecified atom stereocenters. The van der Waals surface area contributed by atoms with Crippen LogP contribution in [0.3, 0.4) is 0 Å². The summed E-state index contributed by atoms with van der Waals surface area (Å²) in [6, 6.07) is 8.44. The molecule has 0 amide bonds. The molecule has 2 heterocycles. The molecule has 2 atom stereocenters. The maximum atomic E-state index is 6.04. The van der Waals surface area contributed by atoms with Crippen LogP contribution in [0.5, 0.6) is 5.88 Å². The van der Waals surface area contributed by atoms with Crippen molar-refractivity contribution >= 4 is 21.6 Å². The number of nitrogens with zero attached hydrogens (tertiary/aromatic N) is 2. The molecule has 2 aromatic rings. The summed E-state index contributed by atoms with van der Waals surface area (Å²) in [5, 5.41) is 1.09. The molecule has 4 nitrogen and oxygen atoms in total. The highest BCUT2D eigenvalue weighted by atomic mass is 32.1. The van der Waals surface area contributed by atoms with E-state index in [4.69, 9.17) is 9.47 Å². The number of fused-ring (bicyclic) bond motifs is 1. The molecule has 3 rings (SSSR count). The lowest BCUT2D eigenvalue weighted by atomic mass is 10.2. The van der Waals surface area contributed by atoms with Crippen LogP contribution in [0.1, 0.15) is 0 Å². The first-order chi connectivity index (χ1) is 8.75. The zero-order chi connectivity index (χ0) is 12.5. The summed E-state index contributed by atoms with van der Waals surface area (Å²) in [6.45, 7) is 1.36. The van der Waals surface area contributed by atoms with E-state index in [1.807, 2.05) is 12.1 Å². The highest BCUT2D eigenvalue weighted by Crippen LogP contribution is 2.30. The molecule has 0 spiro atoms. The fourth-order valence-electron chi connectivity index (χ4n) is 2.21. The van der Waals surface area contributed by atoms with Crippen molar-refractivity contribution in [2.24, 2.45) is 0 Å². The van der Waals surface area contributed by atoms with E-state index in [0.29, 0.717) is 12.6 Å². The fraction of sp³-hybridized carbons (Fsp3) is 0.462. The molecule has 1 aliphatic heterocycles. The summed E-state index contributed by atoms with van der Waals surface area (Å²) < 4.78 is 17.1. The van der Waals surface area contributed by atoms with Gasteiger partial charge in [0.15, 0.2) is 0 Å². The number of benzene rings is 1. The minimum atomic E-state index is 0.0607. The van der Waals surface area contributed by atoms with Crippen LogP contribution in [0, 0.1) is 0 Å². The molecule has 0 aliphatic carbocycles. The van der Waals surface area contributed by atoms with Crippen LogP contribution in [-0.2, 0) is 4.74 Å². The van der Waals surface area contributed by atoms with Crippen LogP contribution in [-0.4, -0.2) is 48.7 Å². The van der Waals surface area contributed by atoms with Crippen molar-refractivity contribution in [2.45, 2.75) is 12.1 Å². The Hall–Kier alpha value is -1.17. The Kier molecular flexibility index (Phi) is 3.20. The molecule has 1 aromatic carbocycles. The van der Waals surface area contributed by atoms with E-state index in [0.717, 1.165) is 22.6 Å². The molecule has 0 bridgehead atoms. The first-order valence-electron chi connectivity index (χ1n) is 6.01. The molecule has 18 heavy (non-hydrogen) atoms. The Bertz CT molecular complexity index is 541. The second kappa shape index (κ2) is 4.84. The van der Waals surface area contributed by atoms with E-state index in [1.54, 1.807) is 0 Å². The monoisotopic (exact) mass is 264 g/mol. The van der Waals surface area contributed by atoms with Crippen molar-refractivity contribution in [1.82, 2.24) is 9.27 Å². The zero-order valence-electron chi connectivity index (χ0n) is 10.5. The summed E-state index contributed by atoms with van der Waals surface area (Å²) in [5.41, 5.74) is 0. The van der Waals surface area contributed by atoms with Crippen molar-refractivity contribution in [3.8, 4) is 5.88 Å². The van der Waals surface area contributed by atoms with E-state index in [9.17, 15) is 0 Å². The summed E-state index contributed by atoms with van der Waals surface area (Å²) >= 11 is 1.48. The molecule has 1 aromatic heterocycles. The van der Waals surface area contributed by atoms with Crippen LogP contribution in [0.25, 0.3) is 10.1 Å². The first-order valence-corrected chi connectivity index (χ1v) is 6.78. The Morgan fingerprint density at radius 3 is 3.00 bits per heavy atom. The molecule has 96 valence electrons. The summed E-state index contributed by atoms with van der Waals surface area (Å²) in [5.74, 6) is 0.734. The van der Waals surface area contributed by atoms with E-state index in [1.165, 1.54) is 11.5 Å². The largest absolute Gasteiger partial charge is 0.469 e.